The van der Waals surface area contributed by atoms with E-state index in [2.05, 4.69) is 20.9 Å². The van der Waals surface area contributed by atoms with Crippen molar-refractivity contribution in [2.45, 2.75) is 6.61 Å². The lowest BCUT2D eigenvalue weighted by atomic mass is 10.3. The number of nitrogens with zero attached hydrogens (tertiary/aromatic N) is 1. The van der Waals surface area contributed by atoms with Gasteiger partial charge < -0.3 is 10.5 Å². The van der Waals surface area contributed by atoms with Crippen molar-refractivity contribution in [3.63, 3.8) is 0 Å². The van der Waals surface area contributed by atoms with Gasteiger partial charge in [-0.1, -0.05) is 27.5 Å². The number of hydrogen-bond acceptors (Lipinski definition) is 3. The van der Waals surface area contributed by atoms with E-state index in [1.807, 2.05) is 0 Å². The first-order chi connectivity index (χ1) is 8.56. The molecule has 0 aliphatic rings. The molecule has 6 heteroatoms. The first kappa shape index (κ1) is 13.1. The fourth-order valence-electron chi connectivity index (χ4n) is 1.34. The molecule has 18 heavy (non-hydrogen) atoms. The molecule has 1 aromatic carbocycles. The molecular weight excluding hydrogens is 322 g/mol. The molecule has 2 N–H and O–H groups in total. The van der Waals surface area contributed by atoms with E-state index >= 15 is 0 Å². The lowest BCUT2D eigenvalue weighted by molar-refractivity contribution is 0.286. The van der Waals surface area contributed by atoms with Gasteiger partial charge in [0.05, 0.1) is 10.7 Å². The second-order valence-electron chi connectivity index (χ2n) is 3.53. The van der Waals surface area contributed by atoms with Crippen LogP contribution in [0.3, 0.4) is 0 Å². The minimum absolute atomic E-state index is 0.0528. The standard InChI is InChI=1S/C12H9BrClFN2O/c13-7-1-3-9(15)11(5-7)18-6-10-8(14)2-4-12(16)17-10/h1-5H,6H2,(H2,16,17). The van der Waals surface area contributed by atoms with Crippen LogP contribution in [0.5, 0.6) is 5.75 Å². The van der Waals surface area contributed by atoms with Crippen molar-refractivity contribution in [2.24, 2.45) is 0 Å². The fraction of sp³-hybridized carbons (Fsp3) is 0.0833. The zero-order chi connectivity index (χ0) is 13.1. The van der Waals surface area contributed by atoms with Crippen LogP contribution in [0.15, 0.2) is 34.8 Å². The Morgan fingerprint density at radius 3 is 2.89 bits per heavy atom. The average molecular weight is 332 g/mol. The topological polar surface area (TPSA) is 48.1 Å². The van der Waals surface area contributed by atoms with Gasteiger partial charge in [-0.25, -0.2) is 9.37 Å². The summed E-state index contributed by atoms with van der Waals surface area (Å²) in [6.07, 6.45) is 0. The van der Waals surface area contributed by atoms with Crippen molar-refractivity contribution in [3.8, 4) is 5.75 Å². The molecule has 3 nitrogen and oxygen atoms in total. The van der Waals surface area contributed by atoms with E-state index in [1.165, 1.54) is 12.1 Å². The average Bonchev–Trinajstić information content (AvgIpc) is 2.34. The van der Waals surface area contributed by atoms with Crippen LogP contribution in [0.25, 0.3) is 0 Å². The second kappa shape index (κ2) is 5.54. The lowest BCUT2D eigenvalue weighted by Crippen LogP contribution is -2.02. The van der Waals surface area contributed by atoms with Crippen LogP contribution in [0, 0.1) is 5.82 Å². The van der Waals surface area contributed by atoms with Gasteiger partial charge in [0.25, 0.3) is 0 Å². The van der Waals surface area contributed by atoms with Gasteiger partial charge in [-0.05, 0) is 30.3 Å². The highest BCUT2D eigenvalue weighted by Gasteiger charge is 2.07. The molecule has 0 atom stereocenters. The van der Waals surface area contributed by atoms with Gasteiger partial charge in [-0.3, -0.25) is 0 Å². The first-order valence-corrected chi connectivity index (χ1v) is 6.22. The Bertz CT molecular complexity index is 528. The number of pyridine rings is 1. The third kappa shape index (κ3) is 3.11. The monoisotopic (exact) mass is 330 g/mol. The van der Waals surface area contributed by atoms with Crippen molar-refractivity contribution in [1.82, 2.24) is 4.98 Å². The van der Waals surface area contributed by atoms with Crippen molar-refractivity contribution < 1.29 is 9.13 Å². The summed E-state index contributed by atoms with van der Waals surface area (Å²) in [6.45, 7) is 0.0528. The molecule has 0 amide bonds. The third-order valence-electron chi connectivity index (χ3n) is 2.20. The van der Waals surface area contributed by atoms with E-state index in [-0.39, 0.29) is 12.4 Å². The Morgan fingerprint density at radius 2 is 2.11 bits per heavy atom. The zero-order valence-electron chi connectivity index (χ0n) is 9.16. The van der Waals surface area contributed by atoms with E-state index < -0.39 is 5.82 Å². The number of nitrogens with two attached hydrogens (primary N) is 1. The highest BCUT2D eigenvalue weighted by atomic mass is 79.9. The number of anilines is 1. The van der Waals surface area contributed by atoms with Gasteiger partial charge in [0, 0.05) is 4.47 Å². The second-order valence-corrected chi connectivity index (χ2v) is 4.85. The smallest absolute Gasteiger partial charge is 0.165 e. The van der Waals surface area contributed by atoms with Crippen LogP contribution in [-0.4, -0.2) is 4.98 Å². The predicted molar refractivity (Wildman–Crippen MR) is 72.1 cm³/mol. The summed E-state index contributed by atoms with van der Waals surface area (Å²) in [4.78, 5) is 4.03. The molecule has 0 bridgehead atoms. The Balaban J connectivity index is 2.16. The summed E-state index contributed by atoms with van der Waals surface area (Å²) in [5.74, 6) is 0.0237. The SMILES string of the molecule is Nc1ccc(Cl)c(COc2cc(Br)ccc2F)n1. The van der Waals surface area contributed by atoms with Crippen molar-refractivity contribution in [1.29, 1.82) is 0 Å². The maximum Gasteiger partial charge on any atom is 0.165 e. The number of halogens is 3. The Morgan fingerprint density at radius 1 is 1.33 bits per heavy atom. The van der Waals surface area contributed by atoms with Crippen LogP contribution < -0.4 is 10.5 Å². The number of ether oxygens (including phenoxy) is 1. The molecule has 1 heterocycles. The van der Waals surface area contributed by atoms with Gasteiger partial charge in [0.15, 0.2) is 11.6 Å². The van der Waals surface area contributed by atoms with E-state index in [9.17, 15) is 4.39 Å². The third-order valence-corrected chi connectivity index (χ3v) is 3.04. The van der Waals surface area contributed by atoms with E-state index in [4.69, 9.17) is 22.1 Å². The molecular formula is C12H9BrClFN2O. The van der Waals surface area contributed by atoms with Crippen molar-refractivity contribution >= 4 is 33.3 Å². The lowest BCUT2D eigenvalue weighted by Gasteiger charge is -2.08. The summed E-state index contributed by atoms with van der Waals surface area (Å²) in [5, 5.41) is 0.430. The molecule has 1 aromatic heterocycles. The molecule has 0 radical (unpaired) electrons. The van der Waals surface area contributed by atoms with Crippen LogP contribution in [0.2, 0.25) is 5.02 Å². The van der Waals surface area contributed by atoms with Crippen LogP contribution in [0.4, 0.5) is 10.2 Å². The molecule has 0 fully saturated rings. The predicted octanol–water partition coefficient (Wildman–Crippen LogP) is 3.80. The van der Waals surface area contributed by atoms with E-state index in [0.717, 1.165) is 4.47 Å². The molecule has 94 valence electrons. The van der Waals surface area contributed by atoms with Crippen LogP contribution >= 0.6 is 27.5 Å². The minimum Gasteiger partial charge on any atom is -0.484 e. The maximum absolute atomic E-state index is 13.4. The highest BCUT2D eigenvalue weighted by Crippen LogP contribution is 2.24. The Labute approximate surface area is 117 Å². The molecule has 2 rings (SSSR count). The van der Waals surface area contributed by atoms with Gasteiger partial charge in [0.1, 0.15) is 12.4 Å². The van der Waals surface area contributed by atoms with Crippen molar-refractivity contribution in [3.05, 3.63) is 51.3 Å². The highest BCUT2D eigenvalue weighted by molar-refractivity contribution is 9.10. The first-order valence-electron chi connectivity index (χ1n) is 5.05. The Hall–Kier alpha value is -1.33. The Kier molecular flexibility index (Phi) is 4.04. The largest absolute Gasteiger partial charge is 0.484 e. The van der Waals surface area contributed by atoms with Gasteiger partial charge in [0.2, 0.25) is 0 Å². The minimum atomic E-state index is -0.446. The van der Waals surface area contributed by atoms with Crippen LogP contribution in [-0.2, 0) is 6.61 Å². The van der Waals surface area contributed by atoms with Gasteiger partial charge >= 0.3 is 0 Å². The zero-order valence-corrected chi connectivity index (χ0v) is 11.5. The normalized spacial score (nSPS) is 10.4. The molecule has 0 aliphatic heterocycles. The summed E-state index contributed by atoms with van der Waals surface area (Å²) in [7, 11) is 0. The number of hydrogen-bond donors (Lipinski definition) is 1. The summed E-state index contributed by atoms with van der Waals surface area (Å²) >= 11 is 9.17. The number of nitrogen functional groups attached to an aromatic ring is 1. The molecule has 0 saturated carbocycles. The molecule has 0 unspecified atom stereocenters. The quantitative estimate of drug-likeness (QED) is 0.930. The summed E-state index contributed by atoms with van der Waals surface area (Å²) in [5.41, 5.74) is 6.01. The van der Waals surface area contributed by atoms with Crippen LogP contribution in [0.1, 0.15) is 5.69 Å². The fourth-order valence-corrected chi connectivity index (χ4v) is 1.84. The molecule has 0 saturated heterocycles. The van der Waals surface area contributed by atoms with Gasteiger partial charge in [-0.2, -0.15) is 0 Å². The maximum atomic E-state index is 13.4. The number of benzene rings is 1. The number of aromatic nitrogens is 1. The summed E-state index contributed by atoms with van der Waals surface area (Å²) in [6, 6.07) is 7.66. The molecule has 0 spiro atoms. The van der Waals surface area contributed by atoms with Gasteiger partial charge in [-0.15, -0.1) is 0 Å². The van der Waals surface area contributed by atoms with Crippen molar-refractivity contribution in [2.75, 3.05) is 5.73 Å². The van der Waals surface area contributed by atoms with E-state index in [0.29, 0.717) is 16.5 Å². The molecule has 2 aromatic rings. The van der Waals surface area contributed by atoms with E-state index in [1.54, 1.807) is 18.2 Å². The summed E-state index contributed by atoms with van der Waals surface area (Å²) < 4.78 is 19.5. The molecule has 0 aliphatic carbocycles. The number of rotatable bonds is 3.